The van der Waals surface area contributed by atoms with Gasteiger partial charge < -0.3 is 10.2 Å². The molecule has 2 fully saturated rings. The van der Waals surface area contributed by atoms with Gasteiger partial charge >= 0.3 is 0 Å². The van der Waals surface area contributed by atoms with Crippen molar-refractivity contribution < 1.29 is 0 Å². The Bertz CT molecular complexity index is 202. The Morgan fingerprint density at radius 3 is 2.35 bits per heavy atom. The van der Waals surface area contributed by atoms with Gasteiger partial charge in [0.15, 0.2) is 0 Å². The van der Waals surface area contributed by atoms with Crippen LogP contribution < -0.4 is 5.32 Å². The summed E-state index contributed by atoms with van der Waals surface area (Å²) >= 11 is 0. The first kappa shape index (κ1) is 15.3. The van der Waals surface area contributed by atoms with Crippen LogP contribution in [0.5, 0.6) is 0 Å². The zero-order valence-electron chi connectivity index (χ0n) is 11.5. The summed E-state index contributed by atoms with van der Waals surface area (Å²) in [6.45, 7) is 4.86. The van der Waals surface area contributed by atoms with Crippen LogP contribution in [0.3, 0.4) is 0 Å². The van der Waals surface area contributed by atoms with Gasteiger partial charge in [-0.25, -0.2) is 0 Å². The highest BCUT2D eigenvalue weighted by Gasteiger charge is 2.23. The standard InChI is InChI=1S/C14H28N2.ClH/c1-3-12-6-8-13(9-7-12)15-11-14-5-4-10-16(14)2;/h12-15H,3-11H2,1-2H3;1H. The SMILES string of the molecule is CCC1CCC(NCC2CCCN2C)CC1.Cl. The third-order valence-electron chi connectivity index (χ3n) is 4.74. The molecule has 0 spiro atoms. The molecule has 1 heterocycles. The van der Waals surface area contributed by atoms with E-state index in [0.29, 0.717) is 0 Å². The second-order valence-corrected chi connectivity index (χ2v) is 5.81. The van der Waals surface area contributed by atoms with Crippen molar-refractivity contribution in [3.8, 4) is 0 Å². The lowest BCUT2D eigenvalue weighted by atomic mass is 9.84. The number of nitrogens with one attached hydrogen (secondary N) is 1. The van der Waals surface area contributed by atoms with Crippen molar-refractivity contribution in [1.82, 2.24) is 10.2 Å². The minimum atomic E-state index is 0. The van der Waals surface area contributed by atoms with E-state index >= 15 is 0 Å². The first-order valence-corrected chi connectivity index (χ1v) is 7.23. The normalized spacial score (nSPS) is 34.6. The third-order valence-corrected chi connectivity index (χ3v) is 4.74. The van der Waals surface area contributed by atoms with Gasteiger partial charge in [-0.2, -0.15) is 0 Å². The second-order valence-electron chi connectivity index (χ2n) is 5.81. The van der Waals surface area contributed by atoms with Gasteiger partial charge in [0.1, 0.15) is 0 Å². The molecule has 0 aromatic heterocycles. The molecular formula is C14H29ClN2. The fourth-order valence-corrected chi connectivity index (χ4v) is 3.31. The van der Waals surface area contributed by atoms with Gasteiger partial charge in [0, 0.05) is 18.6 Å². The highest BCUT2D eigenvalue weighted by atomic mass is 35.5. The van der Waals surface area contributed by atoms with Gasteiger partial charge in [-0.3, -0.25) is 0 Å². The van der Waals surface area contributed by atoms with E-state index in [0.717, 1.165) is 18.0 Å². The summed E-state index contributed by atoms with van der Waals surface area (Å²) in [6, 6.07) is 1.63. The summed E-state index contributed by atoms with van der Waals surface area (Å²) in [6.07, 6.45) is 9.91. The lowest BCUT2D eigenvalue weighted by Crippen LogP contribution is -2.41. The monoisotopic (exact) mass is 260 g/mol. The molecule has 102 valence electrons. The number of nitrogens with zero attached hydrogens (tertiary/aromatic N) is 1. The predicted molar refractivity (Wildman–Crippen MR) is 76.9 cm³/mol. The first-order chi connectivity index (χ1) is 7.79. The molecule has 1 aliphatic carbocycles. The summed E-state index contributed by atoms with van der Waals surface area (Å²) in [4.78, 5) is 2.52. The van der Waals surface area contributed by atoms with Crippen molar-refractivity contribution in [2.24, 2.45) is 5.92 Å². The van der Waals surface area contributed by atoms with Crippen molar-refractivity contribution in [3.63, 3.8) is 0 Å². The molecule has 1 aliphatic heterocycles. The van der Waals surface area contributed by atoms with Gasteiger partial charge in [-0.05, 0) is 58.0 Å². The van der Waals surface area contributed by atoms with Gasteiger partial charge in [0.25, 0.3) is 0 Å². The maximum atomic E-state index is 3.80. The lowest BCUT2D eigenvalue weighted by molar-refractivity contribution is 0.251. The van der Waals surface area contributed by atoms with Crippen LogP contribution in [0.25, 0.3) is 0 Å². The topological polar surface area (TPSA) is 15.3 Å². The summed E-state index contributed by atoms with van der Waals surface area (Å²) in [5.74, 6) is 1.02. The van der Waals surface area contributed by atoms with Crippen LogP contribution in [0, 0.1) is 5.92 Å². The van der Waals surface area contributed by atoms with Crippen molar-refractivity contribution in [2.45, 2.75) is 64.0 Å². The fourth-order valence-electron chi connectivity index (χ4n) is 3.31. The average Bonchev–Trinajstić information content (AvgIpc) is 2.73. The molecule has 1 saturated heterocycles. The molecule has 0 aromatic rings. The molecule has 1 saturated carbocycles. The van der Waals surface area contributed by atoms with E-state index in [2.05, 4.69) is 24.2 Å². The Morgan fingerprint density at radius 2 is 1.82 bits per heavy atom. The molecule has 2 rings (SSSR count). The highest BCUT2D eigenvalue weighted by Crippen LogP contribution is 2.26. The first-order valence-electron chi connectivity index (χ1n) is 7.23. The van der Waals surface area contributed by atoms with Crippen LogP contribution in [0.2, 0.25) is 0 Å². The number of halogens is 1. The van der Waals surface area contributed by atoms with E-state index in [-0.39, 0.29) is 12.4 Å². The molecule has 0 bridgehead atoms. The molecule has 0 aromatic carbocycles. The largest absolute Gasteiger partial charge is 0.312 e. The van der Waals surface area contributed by atoms with Crippen molar-refractivity contribution >= 4 is 12.4 Å². The number of likely N-dealkylation sites (tertiary alicyclic amines) is 1. The van der Waals surface area contributed by atoms with Crippen molar-refractivity contribution in [2.75, 3.05) is 20.1 Å². The molecule has 0 amide bonds. The van der Waals surface area contributed by atoms with E-state index in [1.807, 2.05) is 0 Å². The van der Waals surface area contributed by atoms with Crippen molar-refractivity contribution in [1.29, 1.82) is 0 Å². The number of hydrogen-bond acceptors (Lipinski definition) is 2. The summed E-state index contributed by atoms with van der Waals surface area (Å²) in [7, 11) is 2.27. The Hall–Kier alpha value is 0.210. The maximum absolute atomic E-state index is 3.80. The minimum Gasteiger partial charge on any atom is -0.312 e. The van der Waals surface area contributed by atoms with Crippen LogP contribution in [-0.4, -0.2) is 37.1 Å². The average molecular weight is 261 g/mol. The number of rotatable bonds is 4. The molecule has 2 aliphatic rings. The van der Waals surface area contributed by atoms with Crippen LogP contribution in [-0.2, 0) is 0 Å². The van der Waals surface area contributed by atoms with Crippen LogP contribution >= 0.6 is 12.4 Å². The molecule has 2 nitrogen and oxygen atoms in total. The number of likely N-dealkylation sites (N-methyl/N-ethyl adjacent to an activating group) is 1. The predicted octanol–water partition coefficient (Wildman–Crippen LogP) is 3.06. The quantitative estimate of drug-likeness (QED) is 0.836. The summed E-state index contributed by atoms with van der Waals surface area (Å²) < 4.78 is 0. The fraction of sp³-hybridized carbons (Fsp3) is 1.00. The molecule has 0 radical (unpaired) electrons. The van der Waals surface area contributed by atoms with Crippen LogP contribution in [0.4, 0.5) is 0 Å². The highest BCUT2D eigenvalue weighted by molar-refractivity contribution is 5.85. The van der Waals surface area contributed by atoms with Gasteiger partial charge in [0.05, 0.1) is 0 Å². The Balaban J connectivity index is 0.00000144. The van der Waals surface area contributed by atoms with Crippen LogP contribution in [0.1, 0.15) is 51.9 Å². The summed E-state index contributed by atoms with van der Waals surface area (Å²) in [5.41, 5.74) is 0. The molecule has 1 atom stereocenters. The smallest absolute Gasteiger partial charge is 0.0218 e. The Kier molecular flexibility index (Phi) is 6.83. The Morgan fingerprint density at radius 1 is 1.12 bits per heavy atom. The maximum Gasteiger partial charge on any atom is 0.0218 e. The molecule has 1 N–H and O–H groups in total. The number of hydrogen-bond donors (Lipinski definition) is 1. The second kappa shape index (κ2) is 7.60. The van der Waals surface area contributed by atoms with Crippen LogP contribution in [0.15, 0.2) is 0 Å². The van der Waals surface area contributed by atoms with Gasteiger partial charge in [-0.15, -0.1) is 12.4 Å². The Labute approximate surface area is 113 Å². The van der Waals surface area contributed by atoms with E-state index < -0.39 is 0 Å². The van der Waals surface area contributed by atoms with Gasteiger partial charge in [0.2, 0.25) is 0 Å². The molecule has 17 heavy (non-hydrogen) atoms. The zero-order chi connectivity index (χ0) is 11.4. The summed E-state index contributed by atoms with van der Waals surface area (Å²) in [5, 5.41) is 3.80. The molecule has 3 heteroatoms. The third kappa shape index (κ3) is 4.42. The molecule has 1 unspecified atom stereocenters. The zero-order valence-corrected chi connectivity index (χ0v) is 12.3. The lowest BCUT2D eigenvalue weighted by Gasteiger charge is -2.30. The van der Waals surface area contributed by atoms with E-state index in [1.54, 1.807) is 0 Å². The van der Waals surface area contributed by atoms with E-state index in [9.17, 15) is 0 Å². The van der Waals surface area contributed by atoms with E-state index in [4.69, 9.17) is 0 Å². The van der Waals surface area contributed by atoms with Gasteiger partial charge in [-0.1, -0.05) is 13.3 Å². The minimum absolute atomic E-state index is 0. The van der Waals surface area contributed by atoms with E-state index in [1.165, 1.54) is 58.0 Å². The molecular weight excluding hydrogens is 232 g/mol. The van der Waals surface area contributed by atoms with Crippen molar-refractivity contribution in [3.05, 3.63) is 0 Å².